The van der Waals surface area contributed by atoms with Gasteiger partial charge in [0.2, 0.25) is 0 Å². The number of para-hydroxylation sites is 1. The van der Waals surface area contributed by atoms with Gasteiger partial charge in [-0.1, -0.05) is 18.2 Å². The molecule has 0 radical (unpaired) electrons. The molecule has 0 fully saturated rings. The van der Waals surface area contributed by atoms with Crippen LogP contribution < -0.4 is 5.32 Å². The number of halogens is 2. The minimum Gasteiger partial charge on any atom is -0.508 e. The average molecular weight is 497 g/mol. The van der Waals surface area contributed by atoms with Crippen LogP contribution in [0.1, 0.15) is 10.4 Å². The zero-order chi connectivity index (χ0) is 17.8. The second-order valence-electron chi connectivity index (χ2n) is 6.18. The lowest BCUT2D eigenvalue weighted by molar-refractivity contribution is 0.0952. The number of phenolic OH excluding ortho intramolecular Hbond substituents is 1. The Morgan fingerprint density at radius 2 is 1.74 bits per heavy atom. The Kier molecular flexibility index (Phi) is 8.88. The summed E-state index contributed by atoms with van der Waals surface area (Å²) in [5, 5.41) is 13.3. The molecule has 0 saturated carbocycles. The number of likely N-dealkylation sites (N-methyl/N-ethyl adjacent to an activating group) is 1. The molecule has 0 spiro atoms. The monoisotopic (exact) mass is 495 g/mol. The van der Waals surface area contributed by atoms with Gasteiger partial charge >= 0.3 is 0 Å². The number of phenols is 1. The first-order chi connectivity index (χ1) is 12.0. The summed E-state index contributed by atoms with van der Waals surface area (Å²) in [6.07, 6.45) is 0. The molecule has 7 heteroatoms. The molecular formula is C20H23Br2N3O2. The van der Waals surface area contributed by atoms with E-state index in [9.17, 15) is 9.90 Å². The Labute approximate surface area is 180 Å². The van der Waals surface area contributed by atoms with Gasteiger partial charge in [0.15, 0.2) is 0 Å². The number of nitrogens with zero attached hydrogens (tertiary/aromatic N) is 2. The van der Waals surface area contributed by atoms with E-state index in [2.05, 4.69) is 10.3 Å². The van der Waals surface area contributed by atoms with Gasteiger partial charge in [-0.25, -0.2) is 4.98 Å². The number of nitrogens with one attached hydrogen (secondary N) is 1. The average Bonchev–Trinajstić information content (AvgIpc) is 2.61. The molecule has 1 amide bonds. The van der Waals surface area contributed by atoms with E-state index in [0.717, 1.165) is 23.2 Å². The smallest absolute Gasteiger partial charge is 0.253 e. The van der Waals surface area contributed by atoms with Crippen molar-refractivity contribution in [2.75, 3.05) is 27.2 Å². The minimum absolute atomic E-state index is 0. The first-order valence-electron chi connectivity index (χ1n) is 8.17. The van der Waals surface area contributed by atoms with Crippen molar-refractivity contribution < 1.29 is 9.90 Å². The number of pyridine rings is 1. The Bertz CT molecular complexity index is 899. The zero-order valence-electron chi connectivity index (χ0n) is 15.2. The summed E-state index contributed by atoms with van der Waals surface area (Å²) in [5.74, 6) is 0.0910. The second kappa shape index (κ2) is 10.4. The van der Waals surface area contributed by atoms with Crippen molar-refractivity contribution in [2.45, 2.75) is 0 Å². The molecule has 2 aromatic carbocycles. The Morgan fingerprint density at radius 3 is 2.41 bits per heavy atom. The van der Waals surface area contributed by atoms with Gasteiger partial charge in [0.25, 0.3) is 5.91 Å². The Hall–Kier alpha value is -1.96. The van der Waals surface area contributed by atoms with E-state index >= 15 is 0 Å². The highest BCUT2D eigenvalue weighted by Crippen LogP contribution is 2.24. The van der Waals surface area contributed by atoms with Crippen LogP contribution in [0.5, 0.6) is 5.75 Å². The van der Waals surface area contributed by atoms with Crippen molar-refractivity contribution in [1.82, 2.24) is 15.2 Å². The molecule has 0 aliphatic carbocycles. The van der Waals surface area contributed by atoms with Crippen LogP contribution in [0, 0.1) is 0 Å². The summed E-state index contributed by atoms with van der Waals surface area (Å²) >= 11 is 0. The molecule has 5 nitrogen and oxygen atoms in total. The molecule has 0 atom stereocenters. The van der Waals surface area contributed by atoms with Crippen LogP contribution in [0.25, 0.3) is 22.2 Å². The number of aromatic nitrogens is 1. The van der Waals surface area contributed by atoms with E-state index in [0.29, 0.717) is 17.6 Å². The lowest BCUT2D eigenvalue weighted by atomic mass is 10.1. The number of hydrogen-bond acceptors (Lipinski definition) is 4. The standard InChI is InChI=1S/C20H21N3O2.2BrH/c1-23(2)13-12-21-20(25)17-5-3-4-15-8-11-18(22-19(15)17)14-6-9-16(24)10-7-14;;/h3-11,24H,12-13H2,1-2H3,(H,21,25);2*1H. The fourth-order valence-electron chi connectivity index (χ4n) is 2.61. The highest BCUT2D eigenvalue weighted by molar-refractivity contribution is 8.93. The molecule has 1 heterocycles. The van der Waals surface area contributed by atoms with Crippen molar-refractivity contribution >= 4 is 50.8 Å². The topological polar surface area (TPSA) is 65.5 Å². The maximum atomic E-state index is 12.5. The summed E-state index contributed by atoms with van der Waals surface area (Å²) in [7, 11) is 3.94. The predicted molar refractivity (Wildman–Crippen MR) is 120 cm³/mol. The van der Waals surface area contributed by atoms with Crippen LogP contribution in [0.3, 0.4) is 0 Å². The van der Waals surface area contributed by atoms with Crippen LogP contribution in [0.2, 0.25) is 0 Å². The van der Waals surface area contributed by atoms with Crippen LogP contribution in [0.15, 0.2) is 54.6 Å². The lowest BCUT2D eigenvalue weighted by Gasteiger charge is -2.12. The minimum atomic E-state index is -0.122. The van der Waals surface area contributed by atoms with Gasteiger partial charge in [-0.3, -0.25) is 4.79 Å². The van der Waals surface area contributed by atoms with Gasteiger partial charge < -0.3 is 15.3 Å². The SMILES string of the molecule is Br.Br.CN(C)CCNC(=O)c1cccc2ccc(-c3ccc(O)cc3)nc12. The van der Waals surface area contributed by atoms with E-state index in [4.69, 9.17) is 0 Å². The number of hydrogen-bond donors (Lipinski definition) is 2. The van der Waals surface area contributed by atoms with Crippen molar-refractivity contribution in [3.8, 4) is 17.0 Å². The van der Waals surface area contributed by atoms with Crippen molar-refractivity contribution in [2.24, 2.45) is 0 Å². The molecule has 27 heavy (non-hydrogen) atoms. The zero-order valence-corrected chi connectivity index (χ0v) is 18.6. The Morgan fingerprint density at radius 1 is 1.04 bits per heavy atom. The van der Waals surface area contributed by atoms with E-state index in [-0.39, 0.29) is 45.6 Å². The van der Waals surface area contributed by atoms with E-state index in [1.807, 2.05) is 55.4 Å². The highest BCUT2D eigenvalue weighted by Gasteiger charge is 2.12. The summed E-state index contributed by atoms with van der Waals surface area (Å²) in [4.78, 5) is 19.2. The molecule has 0 unspecified atom stereocenters. The number of fused-ring (bicyclic) bond motifs is 1. The third-order valence-electron chi connectivity index (χ3n) is 3.97. The molecule has 144 valence electrons. The number of aromatic hydroxyl groups is 1. The van der Waals surface area contributed by atoms with Gasteiger partial charge in [-0.2, -0.15) is 0 Å². The van der Waals surface area contributed by atoms with Gasteiger partial charge in [-0.05, 0) is 50.5 Å². The Balaban J connectivity index is 0.00000182. The summed E-state index contributed by atoms with van der Waals surface area (Å²) in [6, 6.07) is 16.4. The third kappa shape index (κ3) is 5.76. The molecule has 3 rings (SSSR count). The molecule has 0 saturated heterocycles. The highest BCUT2D eigenvalue weighted by atomic mass is 79.9. The van der Waals surface area contributed by atoms with E-state index in [1.165, 1.54) is 0 Å². The van der Waals surface area contributed by atoms with Gasteiger partial charge in [0, 0.05) is 24.0 Å². The van der Waals surface area contributed by atoms with Crippen LogP contribution in [-0.4, -0.2) is 48.1 Å². The van der Waals surface area contributed by atoms with E-state index in [1.54, 1.807) is 18.2 Å². The number of benzene rings is 2. The largest absolute Gasteiger partial charge is 0.508 e. The number of carbonyl (C=O) groups excluding carboxylic acids is 1. The summed E-state index contributed by atoms with van der Waals surface area (Å²) in [5.41, 5.74) is 2.90. The van der Waals surface area contributed by atoms with Crippen LogP contribution in [0.4, 0.5) is 0 Å². The summed E-state index contributed by atoms with van der Waals surface area (Å²) < 4.78 is 0. The number of carbonyl (C=O) groups is 1. The summed E-state index contributed by atoms with van der Waals surface area (Å²) in [6.45, 7) is 1.36. The fourth-order valence-corrected chi connectivity index (χ4v) is 2.61. The lowest BCUT2D eigenvalue weighted by Crippen LogP contribution is -2.31. The van der Waals surface area contributed by atoms with Crippen molar-refractivity contribution in [3.05, 3.63) is 60.2 Å². The molecule has 2 N–H and O–H groups in total. The van der Waals surface area contributed by atoms with Gasteiger partial charge in [0.05, 0.1) is 16.8 Å². The third-order valence-corrected chi connectivity index (χ3v) is 3.97. The first-order valence-corrected chi connectivity index (χ1v) is 8.17. The predicted octanol–water partition coefficient (Wildman–Crippen LogP) is 4.05. The second-order valence-corrected chi connectivity index (χ2v) is 6.18. The molecular weight excluding hydrogens is 474 g/mol. The number of rotatable bonds is 5. The maximum Gasteiger partial charge on any atom is 0.253 e. The van der Waals surface area contributed by atoms with Crippen LogP contribution >= 0.6 is 34.0 Å². The van der Waals surface area contributed by atoms with Gasteiger partial charge in [0.1, 0.15) is 5.75 Å². The fraction of sp³-hybridized carbons (Fsp3) is 0.200. The maximum absolute atomic E-state index is 12.5. The van der Waals surface area contributed by atoms with Crippen molar-refractivity contribution in [3.63, 3.8) is 0 Å². The molecule has 3 aromatic rings. The molecule has 0 bridgehead atoms. The molecule has 1 aromatic heterocycles. The normalized spacial score (nSPS) is 10.2. The quantitative estimate of drug-likeness (QED) is 0.559. The van der Waals surface area contributed by atoms with Crippen molar-refractivity contribution in [1.29, 1.82) is 0 Å². The molecule has 0 aliphatic heterocycles. The first kappa shape index (κ1) is 23.1. The van der Waals surface area contributed by atoms with E-state index < -0.39 is 0 Å². The van der Waals surface area contributed by atoms with Gasteiger partial charge in [-0.15, -0.1) is 34.0 Å². The van der Waals surface area contributed by atoms with Crippen LogP contribution in [-0.2, 0) is 0 Å². The number of amides is 1. The molecule has 0 aliphatic rings.